The summed E-state index contributed by atoms with van der Waals surface area (Å²) < 4.78 is 5.06. The van der Waals surface area contributed by atoms with Crippen molar-refractivity contribution in [1.82, 2.24) is 5.32 Å². The molecule has 2 aromatic rings. The summed E-state index contributed by atoms with van der Waals surface area (Å²) in [5, 5.41) is 14.4. The molecule has 22 heavy (non-hydrogen) atoms. The second kappa shape index (κ2) is 7.33. The molecular formula is C15H14N4O2S. The van der Waals surface area contributed by atoms with Gasteiger partial charge in [-0.15, -0.1) is 0 Å². The summed E-state index contributed by atoms with van der Waals surface area (Å²) in [6.07, 6.45) is 5.11. The number of amides is 1. The second-order valence-electron chi connectivity index (χ2n) is 4.24. The summed E-state index contributed by atoms with van der Waals surface area (Å²) in [4.78, 5) is 16.4. The van der Waals surface area contributed by atoms with Gasteiger partial charge in [-0.1, -0.05) is 17.8 Å². The topological polar surface area (TPSA) is 90.4 Å². The Kier molecular flexibility index (Phi) is 5.22. The molecule has 1 heterocycles. The van der Waals surface area contributed by atoms with E-state index in [1.54, 1.807) is 24.3 Å². The second-order valence-corrected chi connectivity index (χ2v) is 5.03. The Morgan fingerprint density at radius 1 is 1.36 bits per heavy atom. The van der Waals surface area contributed by atoms with Gasteiger partial charge in [0.05, 0.1) is 12.0 Å². The Hall–Kier alpha value is -2.72. The molecule has 7 heteroatoms. The standard InChI is InChI=1S/C15H14N4O2S/c1-10-11(18-14(20)13-7-4-8-21-13)5-3-6-12(10)19-15(22-2)17-9-16/h3-8H,1-2H3,(H,17,19)(H,18,20). The third kappa shape index (κ3) is 3.68. The number of carbonyl (C=O) groups excluding carboxylic acids is 1. The van der Waals surface area contributed by atoms with Crippen molar-refractivity contribution in [2.45, 2.75) is 6.92 Å². The number of thioether (sulfide) groups is 1. The Labute approximate surface area is 132 Å². The number of furan rings is 1. The van der Waals surface area contributed by atoms with E-state index in [4.69, 9.17) is 9.68 Å². The molecule has 1 aromatic heterocycles. The molecule has 0 saturated carbocycles. The summed E-state index contributed by atoms with van der Waals surface area (Å²) in [5.74, 6) is -0.0845. The van der Waals surface area contributed by atoms with Crippen molar-refractivity contribution in [1.29, 1.82) is 5.26 Å². The number of carbonyl (C=O) groups is 1. The minimum absolute atomic E-state index is 0.240. The van der Waals surface area contributed by atoms with E-state index in [1.807, 2.05) is 25.4 Å². The van der Waals surface area contributed by atoms with Crippen LogP contribution in [0.25, 0.3) is 0 Å². The van der Waals surface area contributed by atoms with Crippen molar-refractivity contribution in [3.05, 3.63) is 47.9 Å². The van der Waals surface area contributed by atoms with Gasteiger partial charge in [0.15, 0.2) is 17.1 Å². The lowest BCUT2D eigenvalue weighted by Gasteiger charge is -2.10. The highest BCUT2D eigenvalue weighted by atomic mass is 32.2. The van der Waals surface area contributed by atoms with Gasteiger partial charge in [-0.05, 0) is 43.0 Å². The number of nitrogens with zero attached hydrogens (tertiary/aromatic N) is 2. The number of rotatable bonds is 3. The molecule has 0 spiro atoms. The number of nitrogens with one attached hydrogen (secondary N) is 2. The van der Waals surface area contributed by atoms with Crippen LogP contribution in [0.1, 0.15) is 16.1 Å². The van der Waals surface area contributed by atoms with Crippen molar-refractivity contribution in [2.24, 2.45) is 4.99 Å². The van der Waals surface area contributed by atoms with E-state index in [1.165, 1.54) is 18.0 Å². The van der Waals surface area contributed by atoms with Crippen LogP contribution in [0.5, 0.6) is 0 Å². The average Bonchev–Trinajstić information content (AvgIpc) is 3.05. The zero-order valence-corrected chi connectivity index (χ0v) is 12.9. The van der Waals surface area contributed by atoms with Crippen LogP contribution in [-0.4, -0.2) is 17.3 Å². The molecule has 0 aliphatic rings. The van der Waals surface area contributed by atoms with E-state index in [-0.39, 0.29) is 11.7 Å². The first-order chi connectivity index (χ1) is 10.7. The number of amidine groups is 1. The van der Waals surface area contributed by atoms with Gasteiger partial charge in [-0.2, -0.15) is 5.26 Å². The van der Waals surface area contributed by atoms with Crippen LogP contribution in [-0.2, 0) is 0 Å². The minimum atomic E-state index is -0.325. The van der Waals surface area contributed by atoms with Gasteiger partial charge in [0.1, 0.15) is 0 Å². The average molecular weight is 314 g/mol. The molecule has 2 rings (SSSR count). The van der Waals surface area contributed by atoms with Crippen molar-refractivity contribution in [3.63, 3.8) is 0 Å². The Morgan fingerprint density at radius 2 is 2.18 bits per heavy atom. The highest BCUT2D eigenvalue weighted by molar-refractivity contribution is 8.13. The van der Waals surface area contributed by atoms with Gasteiger partial charge in [0, 0.05) is 5.69 Å². The summed E-state index contributed by atoms with van der Waals surface area (Å²) >= 11 is 1.33. The maximum absolute atomic E-state index is 12.0. The monoisotopic (exact) mass is 314 g/mol. The maximum Gasteiger partial charge on any atom is 0.291 e. The lowest BCUT2D eigenvalue weighted by atomic mass is 10.1. The highest BCUT2D eigenvalue weighted by Crippen LogP contribution is 2.27. The van der Waals surface area contributed by atoms with Crippen molar-refractivity contribution in [3.8, 4) is 6.19 Å². The molecule has 0 atom stereocenters. The van der Waals surface area contributed by atoms with E-state index in [0.29, 0.717) is 16.5 Å². The van der Waals surface area contributed by atoms with E-state index >= 15 is 0 Å². The molecule has 0 bridgehead atoms. The Morgan fingerprint density at radius 3 is 2.82 bits per heavy atom. The molecule has 0 aliphatic heterocycles. The fraction of sp³-hybridized carbons (Fsp3) is 0.133. The number of hydrogen-bond donors (Lipinski definition) is 2. The van der Waals surface area contributed by atoms with Crippen LogP contribution >= 0.6 is 11.8 Å². The Bertz CT molecular complexity index is 732. The number of nitriles is 1. The summed E-state index contributed by atoms with van der Waals surface area (Å²) in [7, 11) is 0. The van der Waals surface area contributed by atoms with Gasteiger partial charge in [-0.3, -0.25) is 10.1 Å². The third-order valence-electron chi connectivity index (χ3n) is 2.88. The summed E-state index contributed by atoms with van der Waals surface area (Å²) in [6, 6.07) is 8.63. The quantitative estimate of drug-likeness (QED) is 0.393. The third-order valence-corrected chi connectivity index (χ3v) is 3.46. The summed E-state index contributed by atoms with van der Waals surface area (Å²) in [5.41, 5.74) is 2.11. The molecule has 0 unspecified atom stereocenters. The fourth-order valence-corrected chi connectivity index (χ4v) is 2.09. The van der Waals surface area contributed by atoms with E-state index in [9.17, 15) is 4.79 Å². The van der Waals surface area contributed by atoms with Gasteiger partial charge in [-0.25, -0.2) is 4.99 Å². The number of aliphatic imine (C=N–C) groups is 1. The van der Waals surface area contributed by atoms with Gasteiger partial charge < -0.3 is 9.73 Å². The maximum atomic E-state index is 12.0. The molecule has 112 valence electrons. The van der Waals surface area contributed by atoms with Crippen molar-refractivity contribution < 1.29 is 9.21 Å². The molecule has 1 aromatic carbocycles. The zero-order valence-electron chi connectivity index (χ0n) is 12.1. The first-order valence-corrected chi connectivity index (χ1v) is 7.60. The fourth-order valence-electron chi connectivity index (χ4n) is 1.75. The van der Waals surface area contributed by atoms with E-state index < -0.39 is 0 Å². The molecule has 2 N–H and O–H groups in total. The molecule has 0 aliphatic carbocycles. The van der Waals surface area contributed by atoms with E-state index in [2.05, 4.69) is 15.6 Å². The SMILES string of the molecule is CSC(=Nc1cccc(NC(=O)c2ccco2)c1C)NC#N. The lowest BCUT2D eigenvalue weighted by Crippen LogP contribution is -2.13. The Balaban J connectivity index is 2.26. The molecular weight excluding hydrogens is 300 g/mol. The number of anilines is 1. The van der Waals surface area contributed by atoms with Crippen LogP contribution in [0, 0.1) is 18.4 Å². The predicted octanol–water partition coefficient (Wildman–Crippen LogP) is 3.26. The van der Waals surface area contributed by atoms with Crippen LogP contribution in [0.4, 0.5) is 11.4 Å². The molecule has 0 fully saturated rings. The van der Waals surface area contributed by atoms with Crippen LogP contribution in [0.15, 0.2) is 46.0 Å². The van der Waals surface area contributed by atoms with Crippen molar-refractivity contribution >= 4 is 34.2 Å². The molecule has 0 radical (unpaired) electrons. The molecule has 6 nitrogen and oxygen atoms in total. The molecule has 0 saturated heterocycles. The molecule has 1 amide bonds. The predicted molar refractivity (Wildman–Crippen MR) is 87.2 cm³/mol. The van der Waals surface area contributed by atoms with Gasteiger partial charge >= 0.3 is 0 Å². The largest absolute Gasteiger partial charge is 0.459 e. The normalized spacial score (nSPS) is 10.9. The zero-order chi connectivity index (χ0) is 15.9. The van der Waals surface area contributed by atoms with Crippen LogP contribution < -0.4 is 10.6 Å². The van der Waals surface area contributed by atoms with E-state index in [0.717, 1.165) is 5.56 Å². The minimum Gasteiger partial charge on any atom is -0.459 e. The lowest BCUT2D eigenvalue weighted by molar-refractivity contribution is 0.0996. The smallest absolute Gasteiger partial charge is 0.291 e. The first-order valence-electron chi connectivity index (χ1n) is 6.38. The highest BCUT2D eigenvalue weighted by Gasteiger charge is 2.11. The first kappa shape index (κ1) is 15.7. The number of hydrogen-bond acceptors (Lipinski definition) is 5. The van der Waals surface area contributed by atoms with Crippen LogP contribution in [0.3, 0.4) is 0 Å². The van der Waals surface area contributed by atoms with Gasteiger partial charge in [0.2, 0.25) is 0 Å². The summed E-state index contributed by atoms with van der Waals surface area (Å²) in [6.45, 7) is 1.85. The van der Waals surface area contributed by atoms with Crippen molar-refractivity contribution in [2.75, 3.05) is 11.6 Å². The number of benzene rings is 1. The van der Waals surface area contributed by atoms with Gasteiger partial charge in [0.25, 0.3) is 5.91 Å². The van der Waals surface area contributed by atoms with Crippen LogP contribution in [0.2, 0.25) is 0 Å².